The zero-order valence-corrected chi connectivity index (χ0v) is 14.0. The molecule has 0 aromatic rings. The van der Waals surface area contributed by atoms with Crippen LogP contribution in [0, 0.1) is 5.92 Å². The maximum absolute atomic E-state index is 12.4. The SMILES string of the molecule is CC(C)(C)OC(=O)N[C@@H]1CC[C@H](C(=O)N[C@@]2(C)CCOC2)C1. The molecule has 0 unspecified atom stereocenters. The van der Waals surface area contributed by atoms with E-state index >= 15 is 0 Å². The van der Waals surface area contributed by atoms with Crippen LogP contribution in [0.3, 0.4) is 0 Å². The Morgan fingerprint density at radius 1 is 1.27 bits per heavy atom. The van der Waals surface area contributed by atoms with Crippen LogP contribution in [0.4, 0.5) is 4.79 Å². The van der Waals surface area contributed by atoms with Gasteiger partial charge < -0.3 is 20.1 Å². The van der Waals surface area contributed by atoms with Gasteiger partial charge in [-0.2, -0.15) is 0 Å². The zero-order chi connectivity index (χ0) is 16.4. The lowest BCUT2D eigenvalue weighted by molar-refractivity contribution is -0.126. The molecule has 2 fully saturated rings. The van der Waals surface area contributed by atoms with Crippen LogP contribution in [-0.4, -0.2) is 42.4 Å². The number of carbonyl (C=O) groups excluding carboxylic acids is 2. The average Bonchev–Trinajstić information content (AvgIpc) is 2.96. The second-order valence-corrected chi connectivity index (χ2v) is 7.71. The Morgan fingerprint density at radius 3 is 2.59 bits per heavy atom. The third-order valence-corrected chi connectivity index (χ3v) is 4.17. The summed E-state index contributed by atoms with van der Waals surface area (Å²) in [6.07, 6.45) is 2.72. The molecule has 3 atom stereocenters. The number of nitrogens with one attached hydrogen (secondary N) is 2. The minimum absolute atomic E-state index is 0.0123. The van der Waals surface area contributed by atoms with Gasteiger partial charge in [-0.15, -0.1) is 0 Å². The van der Waals surface area contributed by atoms with Crippen LogP contribution in [0.15, 0.2) is 0 Å². The highest BCUT2D eigenvalue weighted by molar-refractivity contribution is 5.80. The standard InChI is InChI=1S/C16H28N2O4/c1-15(2,3)22-14(20)17-12-6-5-11(9-12)13(19)18-16(4)7-8-21-10-16/h11-12H,5-10H2,1-4H3,(H,17,20)(H,18,19)/t11-,12+,16-/m0/s1. The van der Waals surface area contributed by atoms with Crippen LogP contribution in [-0.2, 0) is 14.3 Å². The maximum Gasteiger partial charge on any atom is 0.407 e. The fourth-order valence-corrected chi connectivity index (χ4v) is 2.99. The van der Waals surface area contributed by atoms with Crippen LogP contribution in [0.1, 0.15) is 53.4 Å². The summed E-state index contributed by atoms with van der Waals surface area (Å²) in [5.74, 6) is 0.0267. The van der Waals surface area contributed by atoms with Gasteiger partial charge in [0.1, 0.15) is 5.60 Å². The Balaban J connectivity index is 1.77. The minimum Gasteiger partial charge on any atom is -0.444 e. The summed E-state index contributed by atoms with van der Waals surface area (Å²) in [4.78, 5) is 24.1. The molecule has 0 bridgehead atoms. The number of amides is 2. The Labute approximate surface area is 132 Å². The average molecular weight is 312 g/mol. The van der Waals surface area contributed by atoms with Gasteiger partial charge in [0.05, 0.1) is 12.1 Å². The highest BCUT2D eigenvalue weighted by Gasteiger charge is 2.37. The fourth-order valence-electron chi connectivity index (χ4n) is 2.99. The van der Waals surface area contributed by atoms with Crippen molar-refractivity contribution < 1.29 is 19.1 Å². The molecule has 6 heteroatoms. The topological polar surface area (TPSA) is 76.7 Å². The molecule has 1 heterocycles. The first-order valence-corrected chi connectivity index (χ1v) is 8.06. The monoisotopic (exact) mass is 312 g/mol. The van der Waals surface area contributed by atoms with E-state index in [2.05, 4.69) is 10.6 Å². The Morgan fingerprint density at radius 2 is 2.00 bits per heavy atom. The Bertz CT molecular complexity index is 424. The van der Waals surface area contributed by atoms with Crippen molar-refractivity contribution in [3.05, 3.63) is 0 Å². The molecule has 0 spiro atoms. The van der Waals surface area contributed by atoms with Crippen molar-refractivity contribution in [3.8, 4) is 0 Å². The summed E-state index contributed by atoms with van der Waals surface area (Å²) >= 11 is 0. The van der Waals surface area contributed by atoms with Crippen molar-refractivity contribution in [3.63, 3.8) is 0 Å². The fraction of sp³-hybridized carbons (Fsp3) is 0.875. The molecule has 2 rings (SSSR count). The predicted octanol–water partition coefficient (Wildman–Crippen LogP) is 1.97. The first kappa shape index (κ1) is 17.1. The summed E-state index contributed by atoms with van der Waals surface area (Å²) < 4.78 is 10.6. The quantitative estimate of drug-likeness (QED) is 0.835. The molecule has 126 valence electrons. The predicted molar refractivity (Wildman–Crippen MR) is 82.5 cm³/mol. The summed E-state index contributed by atoms with van der Waals surface area (Å²) in [5.41, 5.74) is -0.746. The van der Waals surface area contributed by atoms with E-state index in [-0.39, 0.29) is 23.4 Å². The molecule has 22 heavy (non-hydrogen) atoms. The second-order valence-electron chi connectivity index (χ2n) is 7.71. The van der Waals surface area contributed by atoms with Crippen molar-refractivity contribution in [2.45, 2.75) is 70.6 Å². The van der Waals surface area contributed by atoms with E-state index in [1.54, 1.807) is 0 Å². The van der Waals surface area contributed by atoms with E-state index in [1.807, 2.05) is 27.7 Å². The van der Waals surface area contributed by atoms with E-state index in [4.69, 9.17) is 9.47 Å². The largest absolute Gasteiger partial charge is 0.444 e. The van der Waals surface area contributed by atoms with E-state index in [0.29, 0.717) is 19.6 Å². The van der Waals surface area contributed by atoms with Gasteiger partial charge in [-0.25, -0.2) is 4.79 Å². The van der Waals surface area contributed by atoms with E-state index in [1.165, 1.54) is 0 Å². The van der Waals surface area contributed by atoms with Gasteiger partial charge in [-0.1, -0.05) is 0 Å². The summed E-state index contributed by atoms with van der Waals surface area (Å²) in [5, 5.41) is 5.96. The molecule has 2 amide bonds. The highest BCUT2D eigenvalue weighted by atomic mass is 16.6. The molecule has 0 aromatic heterocycles. The Hall–Kier alpha value is -1.30. The lowest BCUT2D eigenvalue weighted by atomic mass is 9.99. The molecule has 2 N–H and O–H groups in total. The minimum atomic E-state index is -0.503. The van der Waals surface area contributed by atoms with Crippen molar-refractivity contribution in [1.82, 2.24) is 10.6 Å². The second kappa shape index (κ2) is 6.44. The van der Waals surface area contributed by atoms with Gasteiger partial charge in [0, 0.05) is 18.6 Å². The van der Waals surface area contributed by atoms with Gasteiger partial charge >= 0.3 is 6.09 Å². The molecule has 1 saturated carbocycles. The van der Waals surface area contributed by atoms with E-state index in [9.17, 15) is 9.59 Å². The van der Waals surface area contributed by atoms with Crippen molar-refractivity contribution in [1.29, 1.82) is 0 Å². The molecular weight excluding hydrogens is 284 g/mol. The Kier molecular flexibility index (Phi) is 5.00. The van der Waals surface area contributed by atoms with Crippen molar-refractivity contribution >= 4 is 12.0 Å². The zero-order valence-electron chi connectivity index (χ0n) is 14.0. The number of rotatable bonds is 3. The lowest BCUT2D eigenvalue weighted by Gasteiger charge is -2.25. The third kappa shape index (κ3) is 4.87. The summed E-state index contributed by atoms with van der Waals surface area (Å²) in [7, 11) is 0. The number of carbonyl (C=O) groups is 2. The number of alkyl carbamates (subject to hydrolysis) is 1. The number of hydrogen-bond donors (Lipinski definition) is 2. The molecule has 1 aliphatic heterocycles. The molecule has 1 saturated heterocycles. The van der Waals surface area contributed by atoms with Crippen LogP contribution in [0.25, 0.3) is 0 Å². The molecule has 1 aliphatic carbocycles. The smallest absolute Gasteiger partial charge is 0.407 e. The van der Waals surface area contributed by atoms with Crippen LogP contribution in [0.2, 0.25) is 0 Å². The third-order valence-electron chi connectivity index (χ3n) is 4.17. The van der Waals surface area contributed by atoms with Crippen molar-refractivity contribution in [2.75, 3.05) is 13.2 Å². The summed E-state index contributed by atoms with van der Waals surface area (Å²) in [6, 6.07) is 0.0123. The normalized spacial score (nSPS) is 31.8. The van der Waals surface area contributed by atoms with Gasteiger partial charge in [-0.3, -0.25) is 4.79 Å². The van der Waals surface area contributed by atoms with Crippen LogP contribution < -0.4 is 10.6 Å². The number of hydrogen-bond acceptors (Lipinski definition) is 4. The maximum atomic E-state index is 12.4. The molecular formula is C16H28N2O4. The van der Waals surface area contributed by atoms with Crippen LogP contribution in [0.5, 0.6) is 0 Å². The first-order valence-electron chi connectivity index (χ1n) is 8.06. The van der Waals surface area contributed by atoms with Gasteiger partial charge in [0.15, 0.2) is 0 Å². The van der Waals surface area contributed by atoms with E-state index < -0.39 is 11.7 Å². The molecule has 2 aliphatic rings. The number of ether oxygens (including phenoxy) is 2. The van der Waals surface area contributed by atoms with Gasteiger partial charge in [0.2, 0.25) is 5.91 Å². The summed E-state index contributed by atoms with van der Waals surface area (Å²) in [6.45, 7) is 8.80. The van der Waals surface area contributed by atoms with Crippen molar-refractivity contribution in [2.24, 2.45) is 5.92 Å². The lowest BCUT2D eigenvalue weighted by Crippen LogP contribution is -2.48. The highest BCUT2D eigenvalue weighted by Crippen LogP contribution is 2.28. The van der Waals surface area contributed by atoms with Crippen LogP contribution >= 0.6 is 0 Å². The van der Waals surface area contributed by atoms with Gasteiger partial charge in [0.25, 0.3) is 0 Å². The van der Waals surface area contributed by atoms with Gasteiger partial charge in [-0.05, 0) is 53.4 Å². The molecule has 0 aromatic carbocycles. The molecule has 0 radical (unpaired) electrons. The van der Waals surface area contributed by atoms with E-state index in [0.717, 1.165) is 19.3 Å². The molecule has 6 nitrogen and oxygen atoms in total. The first-order chi connectivity index (χ1) is 10.2.